The second kappa shape index (κ2) is 8.99. The molecule has 0 fully saturated rings. The number of aliphatic carboxylic acids is 2. The molecule has 2 heterocycles. The van der Waals surface area contributed by atoms with Crippen LogP contribution >= 0.6 is 0 Å². The minimum absolute atomic E-state index is 0.208. The number of hydrogen-bond acceptors (Lipinski definition) is 6. The number of carboxylic acid groups (broad SMARTS) is 2. The Morgan fingerprint density at radius 2 is 1.83 bits per heavy atom. The number of H-pyrrole nitrogens is 2. The summed E-state index contributed by atoms with van der Waals surface area (Å²) in [5, 5.41) is 27.4. The third-order valence-corrected chi connectivity index (χ3v) is 4.56. The molecule has 11 nitrogen and oxygen atoms in total. The summed E-state index contributed by atoms with van der Waals surface area (Å²) in [5.41, 5.74) is 1.88. The monoisotopic (exact) mass is 413 g/mol. The van der Waals surface area contributed by atoms with Crippen molar-refractivity contribution in [2.24, 2.45) is 0 Å². The molecule has 1 aromatic carbocycles. The quantitative estimate of drug-likeness (QED) is 0.336. The van der Waals surface area contributed by atoms with Crippen molar-refractivity contribution >= 4 is 28.9 Å². The highest BCUT2D eigenvalue weighted by Gasteiger charge is 2.21. The van der Waals surface area contributed by atoms with Gasteiger partial charge >= 0.3 is 11.9 Å². The number of aromatic amines is 2. The lowest BCUT2D eigenvalue weighted by atomic mass is 10.0. The van der Waals surface area contributed by atoms with Gasteiger partial charge in [0.15, 0.2) is 5.65 Å². The van der Waals surface area contributed by atoms with Crippen molar-refractivity contribution in [2.75, 3.05) is 0 Å². The molecule has 0 saturated heterocycles. The van der Waals surface area contributed by atoms with Gasteiger partial charge in [-0.25, -0.2) is 9.78 Å². The molecule has 0 saturated carbocycles. The first kappa shape index (κ1) is 20.7. The molecule has 5 N–H and O–H groups in total. The van der Waals surface area contributed by atoms with Crippen molar-refractivity contribution in [1.82, 2.24) is 25.5 Å². The molecule has 3 rings (SSSR count). The highest BCUT2D eigenvalue weighted by atomic mass is 16.4. The second-order valence-electron chi connectivity index (χ2n) is 6.63. The zero-order valence-electron chi connectivity index (χ0n) is 15.7. The first-order chi connectivity index (χ1) is 14.3. The summed E-state index contributed by atoms with van der Waals surface area (Å²) in [4.78, 5) is 52.5. The standard InChI is InChI=1S/C19H19N5O6/c25-14(26)8-7-13(19(29)30)22-17(27)11-4-1-10(2-5-11)3-6-12-15-16(24-23-12)20-9-21-18(15)28/h1-2,4-5,9,13H,3,6-8H2,(H,22,27)(H,25,26)(H,29,30)(H2,20,21,23,24,28)/t13-/m0/s1. The van der Waals surface area contributed by atoms with E-state index >= 15 is 0 Å². The van der Waals surface area contributed by atoms with Crippen LogP contribution in [0.3, 0.4) is 0 Å². The molecule has 0 unspecified atom stereocenters. The van der Waals surface area contributed by atoms with Crippen molar-refractivity contribution in [3.8, 4) is 0 Å². The highest BCUT2D eigenvalue weighted by Crippen LogP contribution is 2.13. The van der Waals surface area contributed by atoms with Crippen molar-refractivity contribution in [2.45, 2.75) is 31.7 Å². The topological polar surface area (TPSA) is 178 Å². The van der Waals surface area contributed by atoms with Gasteiger partial charge in [-0.2, -0.15) is 5.10 Å². The molecule has 2 aromatic heterocycles. The number of nitrogens with one attached hydrogen (secondary N) is 3. The molecule has 11 heteroatoms. The number of nitrogens with zero attached hydrogens (tertiary/aromatic N) is 2. The Balaban J connectivity index is 1.62. The Bertz CT molecular complexity index is 1130. The van der Waals surface area contributed by atoms with Crippen LogP contribution < -0.4 is 10.9 Å². The van der Waals surface area contributed by atoms with Crippen LogP contribution in [0.5, 0.6) is 0 Å². The molecule has 1 atom stereocenters. The predicted octanol–water partition coefficient (Wildman–Crippen LogP) is 0.479. The van der Waals surface area contributed by atoms with Crippen LogP contribution in [0.25, 0.3) is 11.0 Å². The Morgan fingerprint density at radius 1 is 1.10 bits per heavy atom. The minimum atomic E-state index is -1.29. The molecule has 0 aliphatic rings. The van der Waals surface area contributed by atoms with Crippen LogP contribution in [0.1, 0.15) is 34.5 Å². The van der Waals surface area contributed by atoms with Crippen LogP contribution in [0.15, 0.2) is 35.4 Å². The molecular formula is C19H19N5O6. The van der Waals surface area contributed by atoms with Gasteiger partial charge in [0.05, 0.1) is 12.0 Å². The highest BCUT2D eigenvalue weighted by molar-refractivity contribution is 5.96. The predicted molar refractivity (Wildman–Crippen MR) is 104 cm³/mol. The lowest BCUT2D eigenvalue weighted by molar-refractivity contribution is -0.140. The Morgan fingerprint density at radius 3 is 2.50 bits per heavy atom. The van der Waals surface area contributed by atoms with E-state index in [0.29, 0.717) is 29.6 Å². The van der Waals surface area contributed by atoms with E-state index in [9.17, 15) is 19.2 Å². The van der Waals surface area contributed by atoms with E-state index in [0.717, 1.165) is 5.56 Å². The van der Waals surface area contributed by atoms with Gasteiger partial charge in [-0.3, -0.25) is 19.5 Å². The first-order valence-electron chi connectivity index (χ1n) is 9.10. The van der Waals surface area contributed by atoms with Gasteiger partial charge in [-0.15, -0.1) is 0 Å². The lowest BCUT2D eigenvalue weighted by Gasteiger charge is -2.13. The van der Waals surface area contributed by atoms with Crippen molar-refractivity contribution in [3.05, 3.63) is 57.8 Å². The number of aryl methyl sites for hydroxylation is 2. The summed E-state index contributed by atoms with van der Waals surface area (Å²) in [7, 11) is 0. The maximum Gasteiger partial charge on any atom is 0.326 e. The number of aromatic nitrogens is 4. The second-order valence-corrected chi connectivity index (χ2v) is 6.63. The normalized spacial score (nSPS) is 11.9. The molecule has 0 spiro atoms. The number of rotatable bonds is 9. The number of fused-ring (bicyclic) bond motifs is 1. The van der Waals surface area contributed by atoms with E-state index in [-0.39, 0.29) is 24.0 Å². The number of amides is 1. The van der Waals surface area contributed by atoms with Gasteiger partial charge in [0.25, 0.3) is 11.5 Å². The van der Waals surface area contributed by atoms with Crippen LogP contribution in [-0.2, 0) is 22.4 Å². The van der Waals surface area contributed by atoms with Crippen molar-refractivity contribution in [3.63, 3.8) is 0 Å². The summed E-state index contributed by atoms with van der Waals surface area (Å²) >= 11 is 0. The SMILES string of the molecule is O=C(O)CC[C@H](NC(=O)c1ccc(CCc2[nH]nc3nc[nH]c(=O)c23)cc1)C(=O)O. The number of carboxylic acids is 2. The van der Waals surface area contributed by atoms with Crippen LogP contribution in [0, 0.1) is 0 Å². The fraction of sp³-hybridized carbons (Fsp3) is 0.263. The average molecular weight is 413 g/mol. The molecular weight excluding hydrogens is 394 g/mol. The molecule has 30 heavy (non-hydrogen) atoms. The van der Waals surface area contributed by atoms with Gasteiger partial charge in [0, 0.05) is 12.0 Å². The number of carbonyl (C=O) groups is 3. The van der Waals surface area contributed by atoms with Crippen LogP contribution in [-0.4, -0.2) is 54.3 Å². The van der Waals surface area contributed by atoms with Gasteiger partial charge in [0.1, 0.15) is 11.4 Å². The van der Waals surface area contributed by atoms with Crippen molar-refractivity contribution in [1.29, 1.82) is 0 Å². The molecule has 1 amide bonds. The third-order valence-electron chi connectivity index (χ3n) is 4.56. The van der Waals surface area contributed by atoms with E-state index in [1.165, 1.54) is 6.33 Å². The van der Waals surface area contributed by atoms with E-state index < -0.39 is 23.9 Å². The fourth-order valence-electron chi connectivity index (χ4n) is 2.96. The minimum Gasteiger partial charge on any atom is -0.481 e. The Labute approximate surface area is 169 Å². The maximum absolute atomic E-state index is 12.3. The average Bonchev–Trinajstić information content (AvgIpc) is 3.14. The molecule has 156 valence electrons. The summed E-state index contributed by atoms with van der Waals surface area (Å²) in [6.45, 7) is 0. The zero-order valence-corrected chi connectivity index (χ0v) is 15.7. The zero-order chi connectivity index (χ0) is 21.7. The van der Waals surface area contributed by atoms with Crippen LogP contribution in [0.2, 0.25) is 0 Å². The maximum atomic E-state index is 12.3. The van der Waals surface area contributed by atoms with E-state index in [2.05, 4.69) is 25.5 Å². The number of carbonyl (C=O) groups excluding carboxylic acids is 1. The Kier molecular flexibility index (Phi) is 6.20. The van der Waals surface area contributed by atoms with Gasteiger partial charge < -0.3 is 20.5 Å². The molecule has 0 aliphatic carbocycles. The number of hydrogen-bond donors (Lipinski definition) is 5. The first-order valence-corrected chi connectivity index (χ1v) is 9.10. The largest absolute Gasteiger partial charge is 0.481 e. The van der Waals surface area contributed by atoms with Gasteiger partial charge in [-0.05, 0) is 37.0 Å². The molecule has 0 bridgehead atoms. The van der Waals surface area contributed by atoms with E-state index in [1.54, 1.807) is 24.3 Å². The van der Waals surface area contributed by atoms with Crippen LogP contribution in [0.4, 0.5) is 0 Å². The van der Waals surface area contributed by atoms with Gasteiger partial charge in [0.2, 0.25) is 0 Å². The van der Waals surface area contributed by atoms with Gasteiger partial charge in [-0.1, -0.05) is 12.1 Å². The lowest BCUT2D eigenvalue weighted by Crippen LogP contribution is -2.41. The molecule has 0 aliphatic heterocycles. The summed E-state index contributed by atoms with van der Waals surface area (Å²) < 4.78 is 0. The summed E-state index contributed by atoms with van der Waals surface area (Å²) in [6, 6.07) is 5.28. The summed E-state index contributed by atoms with van der Waals surface area (Å²) in [6.07, 6.45) is 1.80. The molecule has 3 aromatic rings. The number of benzene rings is 1. The smallest absolute Gasteiger partial charge is 0.326 e. The summed E-state index contributed by atoms with van der Waals surface area (Å²) in [5.74, 6) is -3.03. The van der Waals surface area contributed by atoms with E-state index in [4.69, 9.17) is 10.2 Å². The van der Waals surface area contributed by atoms with E-state index in [1.807, 2.05) is 0 Å². The Hall–Kier alpha value is -4.02. The molecule has 0 radical (unpaired) electrons. The third kappa shape index (κ3) is 4.87. The van der Waals surface area contributed by atoms with Crippen molar-refractivity contribution < 1.29 is 24.6 Å². The fourth-order valence-corrected chi connectivity index (χ4v) is 2.96.